The van der Waals surface area contributed by atoms with Gasteiger partial charge in [-0.05, 0) is 47.2 Å². The van der Waals surface area contributed by atoms with Gasteiger partial charge in [-0.15, -0.1) is 11.3 Å². The van der Waals surface area contributed by atoms with Gasteiger partial charge in [0, 0.05) is 16.5 Å². The van der Waals surface area contributed by atoms with Crippen molar-refractivity contribution in [2.24, 2.45) is 0 Å². The minimum atomic E-state index is 0.479. The van der Waals surface area contributed by atoms with Crippen LogP contribution in [0.5, 0.6) is 5.75 Å². The molecule has 0 amide bonds. The van der Waals surface area contributed by atoms with E-state index in [1.54, 1.807) is 18.4 Å². The van der Waals surface area contributed by atoms with Crippen LogP contribution in [-0.2, 0) is 0 Å². The number of imidazole rings is 1. The summed E-state index contributed by atoms with van der Waals surface area (Å²) in [5, 5.41) is 3.30. The van der Waals surface area contributed by atoms with Gasteiger partial charge >= 0.3 is 0 Å². The maximum atomic E-state index is 6.11. The van der Waals surface area contributed by atoms with Gasteiger partial charge in [0.2, 0.25) is 5.95 Å². The van der Waals surface area contributed by atoms with Gasteiger partial charge in [-0.2, -0.15) is 0 Å². The molecule has 0 saturated heterocycles. The summed E-state index contributed by atoms with van der Waals surface area (Å²) in [6.07, 6.45) is 0. The standard InChI is InChI=1S/C16H13N3OS/c1-20-12-3-4-13-14(9-12)19(16(17)18-13)11-2-5-15-10(8-11)6-7-21-15/h2-9H,1H3,(H2,17,18). The van der Waals surface area contributed by atoms with Crippen LogP contribution in [0, 0.1) is 0 Å². The number of fused-ring (bicyclic) bond motifs is 2. The maximum Gasteiger partial charge on any atom is 0.205 e. The molecule has 0 bridgehead atoms. The Labute approximate surface area is 125 Å². The van der Waals surface area contributed by atoms with Gasteiger partial charge in [-0.25, -0.2) is 4.98 Å². The lowest BCUT2D eigenvalue weighted by Crippen LogP contribution is -2.00. The highest BCUT2D eigenvalue weighted by molar-refractivity contribution is 7.17. The van der Waals surface area contributed by atoms with E-state index in [-0.39, 0.29) is 0 Å². The van der Waals surface area contributed by atoms with E-state index in [0.717, 1.165) is 22.5 Å². The van der Waals surface area contributed by atoms with Crippen LogP contribution in [0.3, 0.4) is 0 Å². The van der Waals surface area contributed by atoms with Crippen molar-refractivity contribution in [1.29, 1.82) is 0 Å². The molecule has 21 heavy (non-hydrogen) atoms. The third-order valence-electron chi connectivity index (χ3n) is 3.58. The summed E-state index contributed by atoms with van der Waals surface area (Å²) in [5.74, 6) is 1.27. The molecular formula is C16H13N3OS. The van der Waals surface area contributed by atoms with Crippen LogP contribution in [0.4, 0.5) is 5.95 Å². The molecule has 0 radical (unpaired) electrons. The molecule has 4 rings (SSSR count). The molecule has 0 spiro atoms. The van der Waals surface area contributed by atoms with Gasteiger partial charge in [0.1, 0.15) is 5.75 Å². The average molecular weight is 295 g/mol. The van der Waals surface area contributed by atoms with E-state index in [2.05, 4.69) is 34.6 Å². The quantitative estimate of drug-likeness (QED) is 0.611. The van der Waals surface area contributed by atoms with E-state index in [1.807, 2.05) is 22.8 Å². The van der Waals surface area contributed by atoms with Crippen molar-refractivity contribution in [3.8, 4) is 11.4 Å². The maximum absolute atomic E-state index is 6.11. The van der Waals surface area contributed by atoms with Crippen molar-refractivity contribution in [3.63, 3.8) is 0 Å². The Morgan fingerprint density at radius 2 is 2.05 bits per heavy atom. The van der Waals surface area contributed by atoms with Crippen molar-refractivity contribution >= 4 is 38.4 Å². The Balaban J connectivity index is 2.01. The van der Waals surface area contributed by atoms with Gasteiger partial charge in [-0.1, -0.05) is 0 Å². The Kier molecular flexibility index (Phi) is 2.62. The number of thiophene rings is 1. The van der Waals surface area contributed by atoms with Crippen molar-refractivity contribution < 1.29 is 4.74 Å². The molecule has 2 aromatic heterocycles. The van der Waals surface area contributed by atoms with Gasteiger partial charge in [0.25, 0.3) is 0 Å². The lowest BCUT2D eigenvalue weighted by Gasteiger charge is -2.07. The van der Waals surface area contributed by atoms with Crippen molar-refractivity contribution in [2.75, 3.05) is 12.8 Å². The van der Waals surface area contributed by atoms with E-state index in [9.17, 15) is 0 Å². The molecule has 0 atom stereocenters. The molecule has 0 aliphatic heterocycles. The van der Waals surface area contributed by atoms with E-state index in [4.69, 9.17) is 10.5 Å². The van der Waals surface area contributed by atoms with E-state index in [1.165, 1.54) is 10.1 Å². The first-order valence-electron chi connectivity index (χ1n) is 6.56. The molecule has 0 aliphatic rings. The van der Waals surface area contributed by atoms with Crippen LogP contribution in [0.1, 0.15) is 0 Å². The molecule has 104 valence electrons. The molecule has 0 aliphatic carbocycles. The fraction of sp³-hybridized carbons (Fsp3) is 0.0625. The fourth-order valence-electron chi connectivity index (χ4n) is 2.57. The van der Waals surface area contributed by atoms with Gasteiger partial charge in [0.05, 0.1) is 18.1 Å². The summed E-state index contributed by atoms with van der Waals surface area (Å²) in [7, 11) is 1.66. The number of hydrogen-bond donors (Lipinski definition) is 1. The lowest BCUT2D eigenvalue weighted by atomic mass is 10.2. The van der Waals surface area contributed by atoms with Gasteiger partial charge < -0.3 is 10.5 Å². The summed E-state index contributed by atoms with van der Waals surface area (Å²) in [6, 6.07) is 14.2. The van der Waals surface area contributed by atoms with E-state index in [0.29, 0.717) is 5.95 Å². The highest BCUT2D eigenvalue weighted by Crippen LogP contribution is 2.29. The number of hydrogen-bond acceptors (Lipinski definition) is 4. The molecule has 2 N–H and O–H groups in total. The zero-order valence-electron chi connectivity index (χ0n) is 11.4. The molecule has 4 nitrogen and oxygen atoms in total. The number of nitrogen functional groups attached to an aromatic ring is 1. The second kappa shape index (κ2) is 4.49. The summed E-state index contributed by atoms with van der Waals surface area (Å²) in [4.78, 5) is 4.42. The number of anilines is 1. The first kappa shape index (κ1) is 12.2. The molecule has 2 aromatic carbocycles. The number of aromatic nitrogens is 2. The van der Waals surface area contributed by atoms with Crippen LogP contribution in [-0.4, -0.2) is 16.7 Å². The third-order valence-corrected chi connectivity index (χ3v) is 4.48. The van der Waals surface area contributed by atoms with Crippen molar-refractivity contribution in [1.82, 2.24) is 9.55 Å². The van der Waals surface area contributed by atoms with Gasteiger partial charge in [0.15, 0.2) is 0 Å². The van der Waals surface area contributed by atoms with Gasteiger partial charge in [-0.3, -0.25) is 4.57 Å². The number of rotatable bonds is 2. The number of nitrogens with two attached hydrogens (primary N) is 1. The minimum absolute atomic E-state index is 0.479. The molecule has 4 aromatic rings. The Bertz CT molecular complexity index is 955. The largest absolute Gasteiger partial charge is 0.497 e. The molecular weight excluding hydrogens is 282 g/mol. The van der Waals surface area contributed by atoms with Crippen LogP contribution in [0.25, 0.3) is 26.8 Å². The predicted molar refractivity (Wildman–Crippen MR) is 87.4 cm³/mol. The second-order valence-electron chi connectivity index (χ2n) is 4.80. The smallest absolute Gasteiger partial charge is 0.205 e. The summed E-state index contributed by atoms with van der Waals surface area (Å²) >= 11 is 1.73. The first-order chi connectivity index (χ1) is 10.3. The van der Waals surface area contributed by atoms with Crippen LogP contribution in [0.2, 0.25) is 0 Å². The number of ether oxygens (including phenoxy) is 1. The molecule has 2 heterocycles. The summed E-state index contributed by atoms with van der Waals surface area (Å²) in [6.45, 7) is 0. The Morgan fingerprint density at radius 1 is 1.14 bits per heavy atom. The fourth-order valence-corrected chi connectivity index (χ4v) is 3.34. The normalized spacial score (nSPS) is 11.3. The van der Waals surface area contributed by atoms with Crippen molar-refractivity contribution in [2.45, 2.75) is 0 Å². The summed E-state index contributed by atoms with van der Waals surface area (Å²) < 4.78 is 8.52. The highest BCUT2D eigenvalue weighted by atomic mass is 32.1. The zero-order chi connectivity index (χ0) is 14.4. The van der Waals surface area contributed by atoms with Crippen LogP contribution < -0.4 is 10.5 Å². The average Bonchev–Trinajstić information content (AvgIpc) is 3.08. The molecule has 0 unspecified atom stereocenters. The lowest BCUT2D eigenvalue weighted by molar-refractivity contribution is 0.415. The topological polar surface area (TPSA) is 53.1 Å². The SMILES string of the molecule is COc1ccc2nc(N)n(-c3ccc4sccc4c3)c2c1. The predicted octanol–water partition coefficient (Wildman–Crippen LogP) is 3.83. The first-order valence-corrected chi connectivity index (χ1v) is 7.44. The highest BCUT2D eigenvalue weighted by Gasteiger charge is 2.11. The monoisotopic (exact) mass is 295 g/mol. The Morgan fingerprint density at radius 3 is 2.90 bits per heavy atom. The second-order valence-corrected chi connectivity index (χ2v) is 5.75. The van der Waals surface area contributed by atoms with Crippen LogP contribution in [0.15, 0.2) is 47.8 Å². The Hall–Kier alpha value is -2.53. The summed E-state index contributed by atoms with van der Waals surface area (Å²) in [5.41, 5.74) is 8.92. The number of benzene rings is 2. The van der Waals surface area contributed by atoms with E-state index >= 15 is 0 Å². The molecule has 5 heteroatoms. The third kappa shape index (κ3) is 1.86. The molecule has 0 saturated carbocycles. The van der Waals surface area contributed by atoms with Crippen molar-refractivity contribution in [3.05, 3.63) is 47.8 Å². The van der Waals surface area contributed by atoms with Crippen LogP contribution >= 0.6 is 11.3 Å². The van der Waals surface area contributed by atoms with E-state index < -0.39 is 0 Å². The molecule has 0 fully saturated rings. The minimum Gasteiger partial charge on any atom is -0.497 e. The number of nitrogens with zero attached hydrogens (tertiary/aromatic N) is 2. The number of methoxy groups -OCH3 is 1. The zero-order valence-corrected chi connectivity index (χ0v) is 12.2.